The van der Waals surface area contributed by atoms with Crippen molar-refractivity contribution in [2.75, 3.05) is 0 Å². The Morgan fingerprint density at radius 3 is 2.88 bits per heavy atom. The highest BCUT2D eigenvalue weighted by molar-refractivity contribution is 7.09. The third kappa shape index (κ3) is 2.52. The molecule has 6 heteroatoms. The maximum Gasteiger partial charge on any atom is 0.270 e. The molecule has 1 N–H and O–H groups in total. The minimum atomic E-state index is -0.134. The molecule has 0 saturated carbocycles. The Balaban J connectivity index is 2.07. The molecule has 0 bridgehead atoms. The van der Waals surface area contributed by atoms with E-state index in [1.54, 1.807) is 35.5 Å². The molecule has 0 aliphatic rings. The fraction of sp³-hybridized carbons (Fsp3) is 0.364. The van der Waals surface area contributed by atoms with Crippen molar-refractivity contribution in [3.05, 3.63) is 34.3 Å². The highest BCUT2D eigenvalue weighted by Gasteiger charge is 2.15. The van der Waals surface area contributed by atoms with Gasteiger partial charge in [-0.25, -0.2) is 9.97 Å². The molecule has 0 saturated heterocycles. The topological polar surface area (TPSA) is 59.8 Å². The minimum Gasteiger partial charge on any atom is -0.342 e. The number of nitrogens with zero attached hydrogens (tertiary/aromatic N) is 3. The van der Waals surface area contributed by atoms with Crippen LogP contribution >= 0.6 is 11.3 Å². The van der Waals surface area contributed by atoms with Gasteiger partial charge in [-0.05, 0) is 13.8 Å². The van der Waals surface area contributed by atoms with Gasteiger partial charge < -0.3 is 9.88 Å². The van der Waals surface area contributed by atoms with Gasteiger partial charge >= 0.3 is 0 Å². The van der Waals surface area contributed by atoms with Gasteiger partial charge in [-0.1, -0.05) is 0 Å². The molecular formula is C11H14N4OS. The Kier molecular flexibility index (Phi) is 3.23. The zero-order valence-electron chi connectivity index (χ0n) is 9.97. The number of aryl methyl sites for hydroxylation is 2. The van der Waals surface area contributed by atoms with Crippen LogP contribution in [0.25, 0.3) is 0 Å². The average Bonchev–Trinajstić information content (AvgIpc) is 2.86. The normalized spacial score (nSPS) is 12.4. The zero-order valence-corrected chi connectivity index (χ0v) is 10.8. The minimum absolute atomic E-state index is 0.0869. The molecule has 5 nitrogen and oxygen atoms in total. The molecule has 1 atom stereocenters. The smallest absolute Gasteiger partial charge is 0.270 e. The summed E-state index contributed by atoms with van der Waals surface area (Å²) in [6.45, 7) is 3.86. The van der Waals surface area contributed by atoms with Crippen molar-refractivity contribution in [3.63, 3.8) is 0 Å². The van der Waals surface area contributed by atoms with E-state index in [0.717, 1.165) is 10.7 Å². The van der Waals surface area contributed by atoms with Crippen LogP contribution in [0.2, 0.25) is 0 Å². The quantitative estimate of drug-likeness (QED) is 0.901. The third-order valence-corrected chi connectivity index (χ3v) is 3.55. The number of carbonyl (C=O) groups excluding carboxylic acids is 1. The molecule has 0 aliphatic carbocycles. The molecule has 0 spiro atoms. The van der Waals surface area contributed by atoms with Gasteiger partial charge in [0.05, 0.1) is 18.6 Å². The number of hydrogen-bond donors (Lipinski definition) is 1. The van der Waals surface area contributed by atoms with E-state index in [9.17, 15) is 4.79 Å². The predicted molar refractivity (Wildman–Crippen MR) is 65.9 cm³/mol. The van der Waals surface area contributed by atoms with E-state index in [0.29, 0.717) is 5.69 Å². The molecule has 2 rings (SSSR count). The van der Waals surface area contributed by atoms with E-state index in [1.165, 1.54) is 0 Å². The van der Waals surface area contributed by atoms with Crippen LogP contribution in [-0.2, 0) is 7.05 Å². The lowest BCUT2D eigenvalue weighted by Crippen LogP contribution is -2.28. The molecule has 2 aromatic heterocycles. The van der Waals surface area contributed by atoms with Crippen molar-refractivity contribution in [1.29, 1.82) is 0 Å². The van der Waals surface area contributed by atoms with E-state index in [2.05, 4.69) is 15.3 Å². The monoisotopic (exact) mass is 250 g/mol. The van der Waals surface area contributed by atoms with E-state index < -0.39 is 0 Å². The summed E-state index contributed by atoms with van der Waals surface area (Å²) in [6, 6.07) is -0.0869. The summed E-state index contributed by atoms with van der Waals surface area (Å²) in [5.41, 5.74) is 1.52. The number of carbonyl (C=O) groups is 1. The zero-order chi connectivity index (χ0) is 12.4. The van der Waals surface area contributed by atoms with Crippen molar-refractivity contribution in [2.24, 2.45) is 7.05 Å². The Hall–Kier alpha value is -1.69. The molecule has 90 valence electrons. The van der Waals surface area contributed by atoms with Crippen LogP contribution in [0.3, 0.4) is 0 Å². The summed E-state index contributed by atoms with van der Waals surface area (Å²) in [5.74, 6) is -0.134. The van der Waals surface area contributed by atoms with E-state index in [4.69, 9.17) is 0 Å². The van der Waals surface area contributed by atoms with Crippen LogP contribution in [-0.4, -0.2) is 20.4 Å². The molecule has 2 aromatic rings. The lowest BCUT2D eigenvalue weighted by atomic mass is 10.3. The molecule has 0 aliphatic heterocycles. The number of nitrogens with one attached hydrogen (secondary N) is 1. The standard InChI is InChI=1S/C11H14N4OS/c1-7-5-17-11(13-7)8(2)14-10(16)9-4-12-6-15(9)3/h4-6,8H,1-3H3,(H,14,16)/t8-/m0/s1. The number of amides is 1. The Labute approximate surface area is 104 Å². The highest BCUT2D eigenvalue weighted by atomic mass is 32.1. The predicted octanol–water partition coefficient (Wildman–Crippen LogP) is 1.68. The summed E-state index contributed by atoms with van der Waals surface area (Å²) in [4.78, 5) is 20.2. The van der Waals surface area contributed by atoms with Crippen LogP contribution in [0, 0.1) is 6.92 Å². The molecule has 0 fully saturated rings. The number of thiazole rings is 1. The molecule has 17 heavy (non-hydrogen) atoms. The largest absolute Gasteiger partial charge is 0.342 e. The van der Waals surface area contributed by atoms with Gasteiger partial charge in [-0.2, -0.15) is 0 Å². The molecule has 1 amide bonds. The first kappa shape index (κ1) is 11.8. The first-order chi connectivity index (χ1) is 8.08. The van der Waals surface area contributed by atoms with Crippen LogP contribution in [0.4, 0.5) is 0 Å². The average molecular weight is 250 g/mol. The maximum absolute atomic E-state index is 11.9. The van der Waals surface area contributed by atoms with Crippen LogP contribution in [0.5, 0.6) is 0 Å². The number of rotatable bonds is 3. The Bertz CT molecular complexity index is 531. The fourth-order valence-corrected chi connectivity index (χ4v) is 2.28. The van der Waals surface area contributed by atoms with Crippen LogP contribution < -0.4 is 5.32 Å². The van der Waals surface area contributed by atoms with Gasteiger partial charge in [0.15, 0.2) is 0 Å². The number of imidazole rings is 1. The Morgan fingerprint density at radius 2 is 2.35 bits per heavy atom. The fourth-order valence-electron chi connectivity index (χ4n) is 1.48. The summed E-state index contributed by atoms with van der Waals surface area (Å²) in [5, 5.41) is 5.79. The third-order valence-electron chi connectivity index (χ3n) is 2.40. The van der Waals surface area contributed by atoms with Gasteiger partial charge in [-0.3, -0.25) is 4.79 Å². The van der Waals surface area contributed by atoms with Crippen LogP contribution in [0.15, 0.2) is 17.9 Å². The lowest BCUT2D eigenvalue weighted by molar-refractivity contribution is 0.0931. The van der Waals surface area contributed by atoms with Crippen molar-refractivity contribution < 1.29 is 4.79 Å². The van der Waals surface area contributed by atoms with Gasteiger partial charge in [0.1, 0.15) is 10.7 Å². The van der Waals surface area contributed by atoms with Crippen molar-refractivity contribution in [1.82, 2.24) is 19.9 Å². The van der Waals surface area contributed by atoms with E-state index >= 15 is 0 Å². The Morgan fingerprint density at radius 1 is 1.59 bits per heavy atom. The van der Waals surface area contributed by atoms with Gasteiger partial charge in [0, 0.05) is 18.1 Å². The molecule has 2 heterocycles. The lowest BCUT2D eigenvalue weighted by Gasteiger charge is -2.11. The first-order valence-electron chi connectivity index (χ1n) is 5.27. The first-order valence-corrected chi connectivity index (χ1v) is 6.15. The number of hydrogen-bond acceptors (Lipinski definition) is 4. The summed E-state index contributed by atoms with van der Waals surface area (Å²) in [6.07, 6.45) is 3.16. The summed E-state index contributed by atoms with van der Waals surface area (Å²) >= 11 is 1.55. The van der Waals surface area contributed by atoms with Crippen molar-refractivity contribution in [3.8, 4) is 0 Å². The highest BCUT2D eigenvalue weighted by Crippen LogP contribution is 2.17. The molecule has 0 aromatic carbocycles. The second-order valence-electron chi connectivity index (χ2n) is 3.91. The summed E-state index contributed by atoms with van der Waals surface area (Å²) in [7, 11) is 1.79. The van der Waals surface area contributed by atoms with Crippen LogP contribution in [0.1, 0.15) is 34.2 Å². The second-order valence-corrected chi connectivity index (χ2v) is 4.80. The second kappa shape index (κ2) is 4.67. The van der Waals surface area contributed by atoms with Crippen molar-refractivity contribution >= 4 is 17.2 Å². The van der Waals surface area contributed by atoms with Gasteiger partial charge in [0.25, 0.3) is 5.91 Å². The number of aromatic nitrogens is 3. The SMILES string of the molecule is Cc1csc([C@H](C)NC(=O)c2cncn2C)n1. The molecule has 0 radical (unpaired) electrons. The molecular weight excluding hydrogens is 236 g/mol. The van der Waals surface area contributed by atoms with Crippen molar-refractivity contribution in [2.45, 2.75) is 19.9 Å². The maximum atomic E-state index is 11.9. The molecule has 0 unspecified atom stereocenters. The van der Waals surface area contributed by atoms with Gasteiger partial charge in [-0.15, -0.1) is 11.3 Å². The summed E-state index contributed by atoms with van der Waals surface area (Å²) < 4.78 is 1.69. The van der Waals surface area contributed by atoms with Gasteiger partial charge in [0.2, 0.25) is 0 Å². The van der Waals surface area contributed by atoms with E-state index in [1.807, 2.05) is 19.2 Å². The van der Waals surface area contributed by atoms with E-state index in [-0.39, 0.29) is 11.9 Å².